The molecule has 0 radical (unpaired) electrons. The molecule has 0 saturated heterocycles. The minimum atomic E-state index is 0.221. The van der Waals surface area contributed by atoms with Gasteiger partial charge in [0.1, 0.15) is 5.78 Å². The average Bonchev–Trinajstić information content (AvgIpc) is 2.84. The highest BCUT2D eigenvalue weighted by Gasteiger charge is 2.54. The van der Waals surface area contributed by atoms with Gasteiger partial charge in [0.25, 0.3) is 0 Å². The Morgan fingerprint density at radius 2 is 2.09 bits per heavy atom. The van der Waals surface area contributed by atoms with Crippen molar-refractivity contribution in [3.05, 3.63) is 34.6 Å². The molecule has 0 aromatic rings. The highest BCUT2D eigenvalue weighted by molar-refractivity contribution is 5.79. The third-order valence-corrected chi connectivity index (χ3v) is 7.05. The maximum Gasteiger partial charge on any atom is 0.133 e. The minimum Gasteiger partial charge on any atom is -0.512 e. The fourth-order valence-corrected chi connectivity index (χ4v) is 5.98. The van der Waals surface area contributed by atoms with Crippen molar-refractivity contribution in [2.24, 2.45) is 23.2 Å². The van der Waals surface area contributed by atoms with E-state index < -0.39 is 0 Å². The molecular weight excluding hydrogens is 272 g/mol. The summed E-state index contributed by atoms with van der Waals surface area (Å²) in [5, 5.41) is 9.79. The van der Waals surface area contributed by atoms with Crippen LogP contribution in [0, 0.1) is 23.2 Å². The molecule has 2 saturated carbocycles. The van der Waals surface area contributed by atoms with Gasteiger partial charge in [-0.2, -0.15) is 0 Å². The summed E-state index contributed by atoms with van der Waals surface area (Å²) in [5.74, 6) is 2.54. The lowest BCUT2D eigenvalue weighted by Gasteiger charge is -2.48. The number of Topliss-reactive ketones (excluding diaryl/α,β-unsaturated/α-hetero) is 1. The second-order valence-corrected chi connectivity index (χ2v) is 7.99. The molecule has 4 rings (SSSR count). The van der Waals surface area contributed by atoms with Crippen LogP contribution in [0.5, 0.6) is 0 Å². The van der Waals surface area contributed by atoms with Crippen LogP contribution in [-0.4, -0.2) is 10.9 Å². The highest BCUT2D eigenvalue weighted by atomic mass is 16.3. The van der Waals surface area contributed by atoms with Gasteiger partial charge in [0, 0.05) is 12.3 Å². The van der Waals surface area contributed by atoms with E-state index in [1.807, 2.05) is 6.08 Å². The molecule has 0 aromatic carbocycles. The SMILES string of the molecule is CC(=O)[C@H]1CC[C@H]2[C@@H]3CC=C4C=C(O)CCC4=C3CC[C@]12C. The number of aliphatic hydroxyl groups is 1. The Kier molecular flexibility index (Phi) is 3.15. The van der Waals surface area contributed by atoms with Gasteiger partial charge in [-0.15, -0.1) is 0 Å². The van der Waals surface area contributed by atoms with Crippen LogP contribution in [0.2, 0.25) is 0 Å². The van der Waals surface area contributed by atoms with Crippen LogP contribution in [0.25, 0.3) is 0 Å². The molecule has 0 heterocycles. The average molecular weight is 298 g/mol. The molecule has 2 nitrogen and oxygen atoms in total. The molecule has 0 bridgehead atoms. The van der Waals surface area contributed by atoms with Gasteiger partial charge >= 0.3 is 0 Å². The van der Waals surface area contributed by atoms with Crippen LogP contribution in [0.1, 0.15) is 58.8 Å². The first-order valence-electron chi connectivity index (χ1n) is 8.83. The van der Waals surface area contributed by atoms with Gasteiger partial charge < -0.3 is 5.11 Å². The van der Waals surface area contributed by atoms with Crippen LogP contribution in [0.3, 0.4) is 0 Å². The second kappa shape index (κ2) is 4.84. The van der Waals surface area contributed by atoms with Crippen LogP contribution in [0.15, 0.2) is 34.6 Å². The van der Waals surface area contributed by atoms with Crippen molar-refractivity contribution >= 4 is 5.78 Å². The molecule has 4 aliphatic rings. The lowest BCUT2D eigenvalue weighted by atomic mass is 9.56. The van der Waals surface area contributed by atoms with Crippen molar-refractivity contribution < 1.29 is 9.90 Å². The number of allylic oxidation sites excluding steroid dienone is 6. The Morgan fingerprint density at radius 1 is 1.27 bits per heavy atom. The van der Waals surface area contributed by atoms with Crippen LogP contribution < -0.4 is 0 Å². The summed E-state index contributed by atoms with van der Waals surface area (Å²) in [7, 11) is 0. The molecule has 0 unspecified atom stereocenters. The van der Waals surface area contributed by atoms with E-state index in [-0.39, 0.29) is 11.3 Å². The van der Waals surface area contributed by atoms with E-state index in [0.29, 0.717) is 23.4 Å². The summed E-state index contributed by atoms with van der Waals surface area (Å²) in [6.45, 7) is 4.17. The van der Waals surface area contributed by atoms with Crippen molar-refractivity contribution in [1.29, 1.82) is 0 Å². The number of carbonyl (C=O) groups excluding carboxylic acids is 1. The highest BCUT2D eigenvalue weighted by Crippen LogP contribution is 2.61. The molecule has 1 N–H and O–H groups in total. The van der Waals surface area contributed by atoms with E-state index in [0.717, 1.165) is 32.1 Å². The topological polar surface area (TPSA) is 37.3 Å². The van der Waals surface area contributed by atoms with Crippen molar-refractivity contribution in [3.8, 4) is 0 Å². The van der Waals surface area contributed by atoms with E-state index in [9.17, 15) is 9.90 Å². The maximum absolute atomic E-state index is 12.1. The molecule has 0 spiro atoms. The van der Waals surface area contributed by atoms with Gasteiger partial charge in [-0.05, 0) is 79.9 Å². The maximum atomic E-state index is 12.1. The van der Waals surface area contributed by atoms with Crippen LogP contribution in [0.4, 0.5) is 0 Å². The normalized spacial score (nSPS) is 40.4. The van der Waals surface area contributed by atoms with Crippen molar-refractivity contribution in [3.63, 3.8) is 0 Å². The van der Waals surface area contributed by atoms with E-state index in [4.69, 9.17) is 0 Å². The minimum absolute atomic E-state index is 0.221. The monoisotopic (exact) mass is 298 g/mol. The van der Waals surface area contributed by atoms with E-state index >= 15 is 0 Å². The van der Waals surface area contributed by atoms with Gasteiger partial charge in [-0.3, -0.25) is 4.79 Å². The largest absolute Gasteiger partial charge is 0.512 e. The van der Waals surface area contributed by atoms with Crippen LogP contribution >= 0.6 is 0 Å². The molecule has 4 atom stereocenters. The Morgan fingerprint density at radius 3 is 2.86 bits per heavy atom. The molecule has 2 fully saturated rings. The molecule has 4 aliphatic carbocycles. The molecule has 0 aromatic heterocycles. The first-order chi connectivity index (χ1) is 10.5. The number of rotatable bonds is 1. The first kappa shape index (κ1) is 14.3. The van der Waals surface area contributed by atoms with E-state index in [1.54, 1.807) is 12.5 Å². The Labute approximate surface area is 133 Å². The lowest BCUT2D eigenvalue weighted by molar-refractivity contribution is -0.125. The van der Waals surface area contributed by atoms with Crippen molar-refractivity contribution in [2.75, 3.05) is 0 Å². The van der Waals surface area contributed by atoms with Gasteiger partial charge in [0.05, 0.1) is 5.76 Å². The summed E-state index contributed by atoms with van der Waals surface area (Å²) < 4.78 is 0. The summed E-state index contributed by atoms with van der Waals surface area (Å²) in [4.78, 5) is 12.1. The number of fused-ring (bicyclic) bond motifs is 4. The third kappa shape index (κ3) is 1.89. The number of aliphatic hydroxyl groups excluding tert-OH is 1. The molecule has 2 heteroatoms. The smallest absolute Gasteiger partial charge is 0.133 e. The van der Waals surface area contributed by atoms with E-state index in [1.165, 1.54) is 24.0 Å². The molecule has 22 heavy (non-hydrogen) atoms. The third-order valence-electron chi connectivity index (χ3n) is 7.05. The molecule has 0 amide bonds. The van der Waals surface area contributed by atoms with Crippen molar-refractivity contribution in [1.82, 2.24) is 0 Å². The zero-order chi connectivity index (χ0) is 15.5. The Bertz CT molecular complexity index is 622. The Balaban J connectivity index is 1.70. The molecule has 0 aliphatic heterocycles. The van der Waals surface area contributed by atoms with Gasteiger partial charge in [-0.25, -0.2) is 0 Å². The fraction of sp³-hybridized carbons (Fsp3) is 0.650. The second-order valence-electron chi connectivity index (χ2n) is 7.99. The number of hydrogen-bond donors (Lipinski definition) is 1. The summed E-state index contributed by atoms with van der Waals surface area (Å²) in [6, 6.07) is 0. The summed E-state index contributed by atoms with van der Waals surface area (Å²) in [5.41, 5.74) is 4.67. The van der Waals surface area contributed by atoms with Crippen LogP contribution in [-0.2, 0) is 4.79 Å². The standard InChI is InChI=1S/C20H26O2/c1-12(21)18-7-8-19-17-5-3-13-11-14(22)4-6-15(13)16(17)9-10-20(18,19)2/h3,11,17-19,22H,4-10H2,1-2H3/t17-,18-,19+,20-/m1/s1. The fourth-order valence-electron chi connectivity index (χ4n) is 5.98. The molecular formula is C20H26O2. The zero-order valence-corrected chi connectivity index (χ0v) is 13.7. The number of ketones is 1. The van der Waals surface area contributed by atoms with Gasteiger partial charge in [0.15, 0.2) is 0 Å². The number of carbonyl (C=O) groups is 1. The van der Waals surface area contributed by atoms with Crippen molar-refractivity contribution in [2.45, 2.75) is 58.8 Å². The molecule has 118 valence electrons. The Hall–Kier alpha value is -1.31. The van der Waals surface area contributed by atoms with Gasteiger partial charge in [0.2, 0.25) is 0 Å². The van der Waals surface area contributed by atoms with Gasteiger partial charge in [-0.1, -0.05) is 18.6 Å². The zero-order valence-electron chi connectivity index (χ0n) is 13.7. The van der Waals surface area contributed by atoms with E-state index in [2.05, 4.69) is 13.0 Å². The quantitative estimate of drug-likeness (QED) is 0.749. The predicted octanol–water partition coefficient (Wildman–Crippen LogP) is 4.88. The summed E-state index contributed by atoms with van der Waals surface area (Å²) >= 11 is 0. The number of hydrogen-bond acceptors (Lipinski definition) is 2. The predicted molar refractivity (Wildman–Crippen MR) is 87.4 cm³/mol. The first-order valence-corrected chi connectivity index (χ1v) is 8.83. The summed E-state index contributed by atoms with van der Waals surface area (Å²) in [6.07, 6.45) is 11.8. The lowest BCUT2D eigenvalue weighted by Crippen LogP contribution is -2.41.